The highest BCUT2D eigenvalue weighted by Gasteiger charge is 2.35. The largest absolute Gasteiger partial charge is 0.389 e. The molecule has 1 aliphatic rings. The standard InChI is InChI=1S/C13H25ClO2/c1-10(2)13(3)6-4-5-12(7-13)16-9-11(15)8-14/h10-12,15H,4-9H2,1-3H3. The van der Waals surface area contributed by atoms with Gasteiger partial charge in [0.15, 0.2) is 0 Å². The SMILES string of the molecule is CC(C)C1(C)CCCC(OCC(O)CCl)C1. The van der Waals surface area contributed by atoms with Gasteiger partial charge in [-0.1, -0.05) is 27.2 Å². The third-order valence-corrected chi connectivity index (χ3v) is 4.42. The maximum Gasteiger partial charge on any atom is 0.0908 e. The molecule has 1 rings (SSSR count). The van der Waals surface area contributed by atoms with E-state index in [9.17, 15) is 5.11 Å². The van der Waals surface area contributed by atoms with Crippen LogP contribution < -0.4 is 0 Å². The maximum atomic E-state index is 9.37. The first kappa shape index (κ1) is 14.3. The van der Waals surface area contributed by atoms with Gasteiger partial charge in [-0.25, -0.2) is 0 Å². The van der Waals surface area contributed by atoms with Crippen LogP contribution in [0.15, 0.2) is 0 Å². The van der Waals surface area contributed by atoms with E-state index in [-0.39, 0.29) is 5.88 Å². The van der Waals surface area contributed by atoms with Gasteiger partial charge in [0.2, 0.25) is 0 Å². The van der Waals surface area contributed by atoms with Crippen LogP contribution in [0, 0.1) is 11.3 Å². The molecule has 0 aromatic heterocycles. The van der Waals surface area contributed by atoms with E-state index in [4.69, 9.17) is 16.3 Å². The molecule has 16 heavy (non-hydrogen) atoms. The topological polar surface area (TPSA) is 29.5 Å². The summed E-state index contributed by atoms with van der Waals surface area (Å²) in [7, 11) is 0. The third kappa shape index (κ3) is 3.90. The number of rotatable bonds is 5. The summed E-state index contributed by atoms with van der Waals surface area (Å²) in [6.07, 6.45) is 4.54. The highest BCUT2D eigenvalue weighted by atomic mass is 35.5. The summed E-state index contributed by atoms with van der Waals surface area (Å²) in [6.45, 7) is 7.31. The lowest BCUT2D eigenvalue weighted by atomic mass is 9.67. The minimum Gasteiger partial charge on any atom is -0.389 e. The predicted molar refractivity (Wildman–Crippen MR) is 67.9 cm³/mol. The molecule has 1 saturated carbocycles. The van der Waals surface area contributed by atoms with E-state index in [0.29, 0.717) is 24.0 Å². The normalized spacial score (nSPS) is 33.0. The van der Waals surface area contributed by atoms with Crippen molar-refractivity contribution in [2.24, 2.45) is 11.3 Å². The van der Waals surface area contributed by atoms with Crippen molar-refractivity contribution in [1.82, 2.24) is 0 Å². The number of aliphatic hydroxyl groups excluding tert-OH is 1. The van der Waals surface area contributed by atoms with E-state index >= 15 is 0 Å². The zero-order valence-corrected chi connectivity index (χ0v) is 11.5. The van der Waals surface area contributed by atoms with Crippen molar-refractivity contribution >= 4 is 11.6 Å². The van der Waals surface area contributed by atoms with Gasteiger partial charge in [-0.2, -0.15) is 0 Å². The highest BCUT2D eigenvalue weighted by molar-refractivity contribution is 6.18. The van der Waals surface area contributed by atoms with Crippen molar-refractivity contribution in [2.75, 3.05) is 12.5 Å². The first-order chi connectivity index (χ1) is 7.48. The monoisotopic (exact) mass is 248 g/mol. The highest BCUT2D eigenvalue weighted by Crippen LogP contribution is 2.42. The van der Waals surface area contributed by atoms with E-state index in [0.717, 1.165) is 12.8 Å². The molecule has 96 valence electrons. The molecular weight excluding hydrogens is 224 g/mol. The van der Waals surface area contributed by atoms with Crippen LogP contribution in [-0.2, 0) is 4.74 Å². The molecule has 0 aromatic carbocycles. The predicted octanol–water partition coefficient (Wildman–Crippen LogP) is 3.21. The van der Waals surface area contributed by atoms with Crippen LogP contribution in [0.4, 0.5) is 0 Å². The Bertz CT molecular complexity index is 208. The van der Waals surface area contributed by atoms with E-state index in [2.05, 4.69) is 20.8 Å². The molecule has 1 aliphatic carbocycles. The van der Waals surface area contributed by atoms with Gasteiger partial charge in [0.05, 0.1) is 24.7 Å². The summed E-state index contributed by atoms with van der Waals surface area (Å²) < 4.78 is 5.75. The van der Waals surface area contributed by atoms with E-state index < -0.39 is 6.10 Å². The van der Waals surface area contributed by atoms with Crippen molar-refractivity contribution in [3.63, 3.8) is 0 Å². The fourth-order valence-corrected chi connectivity index (χ4v) is 2.51. The maximum absolute atomic E-state index is 9.37. The van der Waals surface area contributed by atoms with Crippen molar-refractivity contribution in [2.45, 2.75) is 58.7 Å². The quantitative estimate of drug-likeness (QED) is 0.758. The van der Waals surface area contributed by atoms with E-state index in [1.807, 2.05) is 0 Å². The molecule has 3 heteroatoms. The Kier molecular flexibility index (Phi) is 5.55. The summed E-state index contributed by atoms with van der Waals surface area (Å²) in [6, 6.07) is 0. The van der Waals surface area contributed by atoms with E-state index in [1.165, 1.54) is 12.8 Å². The lowest BCUT2D eigenvalue weighted by molar-refractivity contribution is -0.0520. The van der Waals surface area contributed by atoms with Gasteiger partial charge >= 0.3 is 0 Å². The Labute approximate surface area is 104 Å². The summed E-state index contributed by atoms with van der Waals surface area (Å²) >= 11 is 5.55. The molecule has 2 nitrogen and oxygen atoms in total. The second-order valence-electron chi connectivity index (χ2n) is 5.67. The Morgan fingerprint density at radius 1 is 1.50 bits per heavy atom. The Balaban J connectivity index is 2.39. The van der Waals surface area contributed by atoms with Gasteiger partial charge in [0.1, 0.15) is 0 Å². The average Bonchev–Trinajstić information content (AvgIpc) is 2.26. The Hall–Kier alpha value is 0.210. The lowest BCUT2D eigenvalue weighted by Gasteiger charge is -2.41. The van der Waals surface area contributed by atoms with Crippen LogP contribution >= 0.6 is 11.6 Å². The number of aliphatic hydroxyl groups is 1. The number of ether oxygens (including phenoxy) is 1. The molecule has 1 fully saturated rings. The minimum absolute atomic E-state index is 0.258. The number of alkyl halides is 1. The van der Waals surface area contributed by atoms with Gasteiger partial charge < -0.3 is 9.84 Å². The lowest BCUT2D eigenvalue weighted by Crippen LogP contribution is -2.35. The molecule has 3 atom stereocenters. The summed E-state index contributed by atoms with van der Waals surface area (Å²) in [5, 5.41) is 9.37. The molecule has 0 bridgehead atoms. The first-order valence-corrected chi connectivity index (χ1v) is 6.87. The van der Waals surface area contributed by atoms with Crippen LogP contribution in [0.2, 0.25) is 0 Å². The molecule has 1 N–H and O–H groups in total. The van der Waals surface area contributed by atoms with Crippen LogP contribution in [0.5, 0.6) is 0 Å². The van der Waals surface area contributed by atoms with Crippen LogP contribution in [0.3, 0.4) is 0 Å². The fraction of sp³-hybridized carbons (Fsp3) is 1.00. The molecular formula is C13H25ClO2. The smallest absolute Gasteiger partial charge is 0.0908 e. The molecule has 0 radical (unpaired) electrons. The van der Waals surface area contributed by atoms with Crippen LogP contribution in [-0.4, -0.2) is 29.8 Å². The van der Waals surface area contributed by atoms with Gasteiger partial charge in [-0.3, -0.25) is 0 Å². The minimum atomic E-state index is -0.520. The Morgan fingerprint density at radius 2 is 2.19 bits per heavy atom. The van der Waals surface area contributed by atoms with Crippen LogP contribution in [0.1, 0.15) is 46.5 Å². The second kappa shape index (κ2) is 6.23. The summed E-state index contributed by atoms with van der Waals surface area (Å²) in [5.41, 5.74) is 0.398. The first-order valence-electron chi connectivity index (χ1n) is 6.33. The van der Waals surface area contributed by atoms with Crippen molar-refractivity contribution < 1.29 is 9.84 Å². The molecule has 0 spiro atoms. The molecule has 0 aliphatic heterocycles. The van der Waals surface area contributed by atoms with Crippen molar-refractivity contribution in [1.29, 1.82) is 0 Å². The molecule has 0 aromatic rings. The number of halogens is 1. The number of hydrogen-bond acceptors (Lipinski definition) is 2. The van der Waals surface area contributed by atoms with Gasteiger partial charge in [-0.05, 0) is 30.6 Å². The fourth-order valence-electron chi connectivity index (χ4n) is 2.42. The van der Waals surface area contributed by atoms with E-state index in [1.54, 1.807) is 0 Å². The zero-order valence-electron chi connectivity index (χ0n) is 10.7. The molecule has 3 unspecified atom stereocenters. The molecule has 0 heterocycles. The third-order valence-electron chi connectivity index (χ3n) is 4.06. The second-order valence-corrected chi connectivity index (χ2v) is 5.98. The van der Waals surface area contributed by atoms with Crippen molar-refractivity contribution in [3.05, 3.63) is 0 Å². The molecule has 0 amide bonds. The van der Waals surface area contributed by atoms with Crippen LogP contribution in [0.25, 0.3) is 0 Å². The number of hydrogen-bond donors (Lipinski definition) is 1. The van der Waals surface area contributed by atoms with Gasteiger partial charge in [-0.15, -0.1) is 11.6 Å². The molecule has 0 saturated heterocycles. The summed E-state index contributed by atoms with van der Waals surface area (Å²) in [5.74, 6) is 0.950. The summed E-state index contributed by atoms with van der Waals surface area (Å²) in [4.78, 5) is 0. The van der Waals surface area contributed by atoms with Gasteiger partial charge in [0.25, 0.3) is 0 Å². The zero-order chi connectivity index (χ0) is 12.2. The van der Waals surface area contributed by atoms with Gasteiger partial charge in [0, 0.05) is 0 Å². The Morgan fingerprint density at radius 3 is 2.75 bits per heavy atom. The average molecular weight is 249 g/mol. The van der Waals surface area contributed by atoms with Crippen molar-refractivity contribution in [3.8, 4) is 0 Å².